The Kier molecular flexibility index (Phi) is 3.53. The van der Waals surface area contributed by atoms with Crippen molar-refractivity contribution < 1.29 is 13.7 Å². The second-order valence-corrected chi connectivity index (χ2v) is 4.87. The van der Waals surface area contributed by atoms with Crippen molar-refractivity contribution in [2.45, 2.75) is 19.4 Å². The molecule has 1 aromatic heterocycles. The molecule has 1 aromatic carbocycles. The number of nitrogens with one attached hydrogen (secondary N) is 1. The summed E-state index contributed by atoms with van der Waals surface area (Å²) in [6.07, 6.45) is 1.17. The molecule has 0 saturated carbocycles. The molecule has 1 amide bonds. The van der Waals surface area contributed by atoms with E-state index in [-0.39, 0.29) is 10.6 Å². The number of nitrogens with zero attached hydrogens (tertiary/aromatic N) is 2. The van der Waals surface area contributed by atoms with Gasteiger partial charge < -0.3 is 9.84 Å². The highest BCUT2D eigenvalue weighted by Gasteiger charge is 2.28. The third-order valence-corrected chi connectivity index (χ3v) is 2.83. The van der Waals surface area contributed by atoms with Crippen molar-refractivity contribution >= 4 is 17.5 Å². The first-order valence-corrected chi connectivity index (χ1v) is 5.82. The summed E-state index contributed by atoms with van der Waals surface area (Å²) in [5, 5.41) is 6.32. The van der Waals surface area contributed by atoms with E-state index in [1.165, 1.54) is 18.5 Å². The van der Waals surface area contributed by atoms with Crippen molar-refractivity contribution in [3.05, 3.63) is 46.8 Å². The molecule has 0 fully saturated rings. The first-order chi connectivity index (χ1) is 8.90. The maximum Gasteiger partial charge on any atom is 0.252 e. The largest absolute Gasteiger partial charge is 0.343 e. The molecule has 2 aromatic rings. The Hall–Kier alpha value is -1.95. The molecule has 19 heavy (non-hydrogen) atoms. The number of aromatic nitrogens is 2. The Morgan fingerprint density at radius 1 is 1.47 bits per heavy atom. The predicted molar refractivity (Wildman–Crippen MR) is 66.2 cm³/mol. The van der Waals surface area contributed by atoms with E-state index >= 15 is 0 Å². The lowest BCUT2D eigenvalue weighted by molar-refractivity contribution is 0.0907. The van der Waals surface area contributed by atoms with E-state index in [4.69, 9.17) is 11.6 Å². The monoisotopic (exact) mass is 283 g/mol. The summed E-state index contributed by atoms with van der Waals surface area (Å²) in [5.74, 6) is -0.771. The van der Waals surface area contributed by atoms with Gasteiger partial charge in [0.25, 0.3) is 5.91 Å². The van der Waals surface area contributed by atoms with Gasteiger partial charge in [-0.15, -0.1) is 0 Å². The number of rotatable bonds is 3. The highest BCUT2D eigenvalue weighted by atomic mass is 35.5. The second-order valence-electron chi connectivity index (χ2n) is 4.46. The van der Waals surface area contributed by atoms with Crippen molar-refractivity contribution in [1.29, 1.82) is 0 Å². The molecule has 1 N–H and O–H groups in total. The third kappa shape index (κ3) is 2.90. The molecule has 5 nitrogen and oxygen atoms in total. The summed E-state index contributed by atoms with van der Waals surface area (Å²) in [6.45, 7) is 3.42. The molecular weight excluding hydrogens is 273 g/mol. The molecule has 0 bridgehead atoms. The molecule has 1 heterocycles. The SMILES string of the molecule is CC(C)(NC(=O)c1ccc(Cl)c(F)c1)c1ncon1. The lowest BCUT2D eigenvalue weighted by Crippen LogP contribution is -2.41. The average molecular weight is 284 g/mol. The number of hydrogen-bond acceptors (Lipinski definition) is 4. The smallest absolute Gasteiger partial charge is 0.252 e. The van der Waals surface area contributed by atoms with Gasteiger partial charge in [0.2, 0.25) is 6.39 Å². The zero-order chi connectivity index (χ0) is 14.0. The van der Waals surface area contributed by atoms with Gasteiger partial charge in [0.1, 0.15) is 5.82 Å². The van der Waals surface area contributed by atoms with Crippen LogP contribution < -0.4 is 5.32 Å². The molecule has 0 aliphatic heterocycles. The van der Waals surface area contributed by atoms with E-state index in [1.54, 1.807) is 13.8 Å². The quantitative estimate of drug-likeness (QED) is 0.940. The maximum atomic E-state index is 13.3. The van der Waals surface area contributed by atoms with Gasteiger partial charge in [0.15, 0.2) is 5.82 Å². The molecule has 0 saturated heterocycles. The maximum absolute atomic E-state index is 13.3. The van der Waals surface area contributed by atoms with Crippen LogP contribution in [0.1, 0.15) is 30.0 Å². The van der Waals surface area contributed by atoms with E-state index < -0.39 is 17.3 Å². The van der Waals surface area contributed by atoms with Crippen LogP contribution in [0, 0.1) is 5.82 Å². The fourth-order valence-electron chi connectivity index (χ4n) is 1.50. The first-order valence-electron chi connectivity index (χ1n) is 5.44. The summed E-state index contributed by atoms with van der Waals surface area (Å²) >= 11 is 5.56. The van der Waals surface area contributed by atoms with Crippen LogP contribution in [0.25, 0.3) is 0 Å². The number of amides is 1. The Morgan fingerprint density at radius 2 is 2.21 bits per heavy atom. The predicted octanol–water partition coefficient (Wildman–Crippen LogP) is 2.53. The minimum atomic E-state index is -0.833. The lowest BCUT2D eigenvalue weighted by atomic mass is 10.0. The Labute approximate surface area is 113 Å². The average Bonchev–Trinajstić information content (AvgIpc) is 2.86. The molecule has 0 spiro atoms. The van der Waals surface area contributed by atoms with Gasteiger partial charge >= 0.3 is 0 Å². The first kappa shape index (κ1) is 13.5. The summed E-state index contributed by atoms with van der Waals surface area (Å²) in [5.41, 5.74) is -0.668. The van der Waals surface area contributed by atoms with E-state index in [2.05, 4.69) is 20.0 Å². The van der Waals surface area contributed by atoms with E-state index in [0.29, 0.717) is 5.82 Å². The van der Waals surface area contributed by atoms with E-state index in [0.717, 1.165) is 6.07 Å². The lowest BCUT2D eigenvalue weighted by Gasteiger charge is -2.22. The van der Waals surface area contributed by atoms with E-state index in [9.17, 15) is 9.18 Å². The molecule has 0 unspecified atom stereocenters. The topological polar surface area (TPSA) is 68.0 Å². The minimum Gasteiger partial charge on any atom is -0.343 e. The Balaban J connectivity index is 2.19. The van der Waals surface area contributed by atoms with Gasteiger partial charge in [-0.2, -0.15) is 4.98 Å². The van der Waals surface area contributed by atoms with Gasteiger partial charge in [0, 0.05) is 5.56 Å². The van der Waals surface area contributed by atoms with Crippen molar-refractivity contribution in [2.75, 3.05) is 0 Å². The molecule has 0 atom stereocenters. The van der Waals surface area contributed by atoms with Gasteiger partial charge in [-0.25, -0.2) is 4.39 Å². The van der Waals surface area contributed by atoms with Crippen LogP contribution in [0.3, 0.4) is 0 Å². The number of carbonyl (C=O) groups is 1. The van der Waals surface area contributed by atoms with Gasteiger partial charge in [0.05, 0.1) is 10.6 Å². The number of halogens is 2. The highest BCUT2D eigenvalue weighted by Crippen LogP contribution is 2.19. The molecule has 100 valence electrons. The van der Waals surface area contributed by atoms with E-state index in [1.807, 2.05) is 0 Å². The fourth-order valence-corrected chi connectivity index (χ4v) is 1.61. The van der Waals surface area contributed by atoms with Crippen LogP contribution >= 0.6 is 11.6 Å². The van der Waals surface area contributed by atoms with Gasteiger partial charge in [-0.1, -0.05) is 16.8 Å². The Bertz CT molecular complexity index is 599. The number of carbonyl (C=O) groups excluding carboxylic acids is 1. The molecule has 2 rings (SSSR count). The minimum absolute atomic E-state index is 0.0334. The van der Waals surface area contributed by atoms with Crippen LogP contribution in [0.2, 0.25) is 5.02 Å². The van der Waals surface area contributed by atoms with Crippen molar-refractivity contribution in [2.24, 2.45) is 0 Å². The fraction of sp³-hybridized carbons (Fsp3) is 0.250. The normalized spacial score (nSPS) is 11.4. The number of benzene rings is 1. The summed E-state index contributed by atoms with van der Waals surface area (Å²) in [6, 6.07) is 3.84. The Morgan fingerprint density at radius 3 is 2.79 bits per heavy atom. The second kappa shape index (κ2) is 4.97. The molecule has 0 aliphatic rings. The number of hydrogen-bond donors (Lipinski definition) is 1. The van der Waals surface area contributed by atoms with Crippen LogP contribution in [0.5, 0.6) is 0 Å². The van der Waals surface area contributed by atoms with Gasteiger partial charge in [-0.05, 0) is 32.0 Å². The molecular formula is C12H11ClFN3O2. The van der Waals surface area contributed by atoms with Crippen LogP contribution in [-0.2, 0) is 5.54 Å². The molecule has 0 radical (unpaired) electrons. The zero-order valence-electron chi connectivity index (χ0n) is 10.3. The highest BCUT2D eigenvalue weighted by molar-refractivity contribution is 6.30. The standard InChI is InChI=1S/C12H11ClFN3O2/c1-12(2,11-15-6-19-17-11)16-10(18)7-3-4-8(13)9(14)5-7/h3-6H,1-2H3,(H,16,18). The molecule has 7 heteroatoms. The van der Waals surface area contributed by atoms with Crippen molar-refractivity contribution in [3.63, 3.8) is 0 Å². The van der Waals surface area contributed by atoms with Crippen LogP contribution in [0.15, 0.2) is 29.1 Å². The van der Waals surface area contributed by atoms with Crippen molar-refractivity contribution in [1.82, 2.24) is 15.5 Å². The third-order valence-electron chi connectivity index (χ3n) is 2.53. The van der Waals surface area contributed by atoms with Gasteiger partial charge in [-0.3, -0.25) is 4.79 Å². The zero-order valence-corrected chi connectivity index (χ0v) is 11.0. The summed E-state index contributed by atoms with van der Waals surface area (Å²) in [7, 11) is 0. The van der Waals surface area contributed by atoms with Crippen molar-refractivity contribution in [3.8, 4) is 0 Å². The summed E-state index contributed by atoms with van der Waals surface area (Å²) < 4.78 is 17.9. The van der Waals surface area contributed by atoms with Crippen LogP contribution in [0.4, 0.5) is 4.39 Å². The molecule has 0 aliphatic carbocycles. The van der Waals surface area contributed by atoms with Crippen LogP contribution in [-0.4, -0.2) is 16.0 Å². The summed E-state index contributed by atoms with van der Waals surface area (Å²) in [4.78, 5) is 15.9.